The molecule has 0 saturated heterocycles. The van der Waals surface area contributed by atoms with Crippen LogP contribution in [0.1, 0.15) is 10.4 Å². The molecule has 0 atom stereocenters. The summed E-state index contributed by atoms with van der Waals surface area (Å²) in [5.41, 5.74) is -0.814. The number of halogens is 3. The van der Waals surface area contributed by atoms with E-state index in [1.165, 1.54) is 10.6 Å². The van der Waals surface area contributed by atoms with Crippen molar-refractivity contribution in [1.29, 1.82) is 0 Å². The van der Waals surface area contributed by atoms with Crippen LogP contribution >= 0.6 is 22.9 Å². The highest BCUT2D eigenvalue weighted by molar-refractivity contribution is 7.16. The van der Waals surface area contributed by atoms with Gasteiger partial charge in [-0.15, -0.1) is 6.42 Å². The minimum Gasteiger partial charge on any atom is -0.302 e. The van der Waals surface area contributed by atoms with Crippen LogP contribution in [0.5, 0.6) is 0 Å². The van der Waals surface area contributed by atoms with Gasteiger partial charge < -0.3 is 4.57 Å². The normalized spacial score (nSPS) is 11.6. The summed E-state index contributed by atoms with van der Waals surface area (Å²) in [6.07, 6.45) is 5.29. The minimum atomic E-state index is -0.956. The minimum absolute atomic E-state index is 0.00788. The van der Waals surface area contributed by atoms with Gasteiger partial charge >= 0.3 is 0 Å². The zero-order chi connectivity index (χ0) is 19.7. The molecular weight excluding hydrogens is 400 g/mol. The largest absolute Gasteiger partial charge is 0.302 e. The van der Waals surface area contributed by atoms with E-state index < -0.39 is 28.2 Å². The van der Waals surface area contributed by atoms with E-state index in [0.29, 0.717) is 6.07 Å². The molecule has 1 aromatic heterocycles. The van der Waals surface area contributed by atoms with Crippen molar-refractivity contribution in [1.82, 2.24) is 4.57 Å². The average molecular weight is 408 g/mol. The number of rotatable bonds is 3. The van der Waals surface area contributed by atoms with Gasteiger partial charge in [-0.25, -0.2) is 8.78 Å². The van der Waals surface area contributed by atoms with Crippen molar-refractivity contribution in [2.24, 2.45) is 4.99 Å². The maximum Gasteiger partial charge on any atom is 0.286 e. The van der Waals surface area contributed by atoms with Crippen molar-refractivity contribution in [3.63, 3.8) is 0 Å². The number of nitro groups is 1. The molecule has 136 valence electrons. The Bertz CT molecular complexity index is 1210. The lowest BCUT2D eigenvalue weighted by Crippen LogP contribution is -2.17. The summed E-state index contributed by atoms with van der Waals surface area (Å²) in [7, 11) is 0. The summed E-state index contributed by atoms with van der Waals surface area (Å²) in [5.74, 6) is -0.307. The van der Waals surface area contributed by atoms with Gasteiger partial charge in [-0.3, -0.25) is 14.9 Å². The first-order valence-corrected chi connectivity index (χ1v) is 8.46. The molecule has 10 heteroatoms. The molecule has 0 saturated carbocycles. The van der Waals surface area contributed by atoms with E-state index in [2.05, 4.69) is 10.9 Å². The van der Waals surface area contributed by atoms with Crippen molar-refractivity contribution in [2.45, 2.75) is 6.54 Å². The molecule has 3 rings (SSSR count). The van der Waals surface area contributed by atoms with Crippen LogP contribution < -0.4 is 4.80 Å². The molecule has 27 heavy (non-hydrogen) atoms. The summed E-state index contributed by atoms with van der Waals surface area (Å²) in [6, 6.07) is 5.24. The second kappa shape index (κ2) is 7.26. The fourth-order valence-corrected chi connectivity index (χ4v) is 3.68. The molecule has 1 heterocycles. The Kier molecular flexibility index (Phi) is 5.03. The number of carbonyl (C=O) groups is 1. The maximum atomic E-state index is 14.2. The lowest BCUT2D eigenvalue weighted by atomic mass is 10.2. The smallest absolute Gasteiger partial charge is 0.286 e. The number of benzene rings is 2. The molecule has 0 N–H and O–H groups in total. The molecule has 0 bridgehead atoms. The van der Waals surface area contributed by atoms with Crippen LogP contribution in [0.15, 0.2) is 35.3 Å². The quantitative estimate of drug-likeness (QED) is 0.375. The van der Waals surface area contributed by atoms with E-state index in [0.717, 1.165) is 29.5 Å². The number of carbonyl (C=O) groups excluding carboxylic acids is 1. The summed E-state index contributed by atoms with van der Waals surface area (Å²) in [5, 5.41) is 11.2. The average Bonchev–Trinajstić information content (AvgIpc) is 2.92. The summed E-state index contributed by atoms with van der Waals surface area (Å²) >= 11 is 6.65. The SMILES string of the molecule is C#CCn1c(=NC(=O)c2cc(Cl)ccc2[N+](=O)[O-])sc2cc(F)cc(F)c21. The lowest BCUT2D eigenvalue weighted by Gasteiger charge is -2.02. The van der Waals surface area contributed by atoms with Crippen molar-refractivity contribution >= 4 is 44.7 Å². The Morgan fingerprint density at radius 3 is 2.78 bits per heavy atom. The highest BCUT2D eigenvalue weighted by Crippen LogP contribution is 2.25. The monoisotopic (exact) mass is 407 g/mol. The van der Waals surface area contributed by atoms with Gasteiger partial charge in [0.05, 0.1) is 21.7 Å². The fourth-order valence-electron chi connectivity index (χ4n) is 2.44. The first-order valence-electron chi connectivity index (χ1n) is 7.26. The van der Waals surface area contributed by atoms with Gasteiger partial charge in [0.15, 0.2) is 10.6 Å². The molecular formula is C17H8ClF2N3O3S. The molecule has 0 spiro atoms. The van der Waals surface area contributed by atoms with Crippen LogP contribution in [-0.2, 0) is 6.54 Å². The third kappa shape index (κ3) is 3.58. The van der Waals surface area contributed by atoms with Crippen LogP contribution in [0.4, 0.5) is 14.5 Å². The van der Waals surface area contributed by atoms with Crippen molar-refractivity contribution < 1.29 is 18.5 Å². The topological polar surface area (TPSA) is 77.5 Å². The van der Waals surface area contributed by atoms with Crippen LogP contribution in [0.2, 0.25) is 5.02 Å². The van der Waals surface area contributed by atoms with E-state index in [4.69, 9.17) is 18.0 Å². The highest BCUT2D eigenvalue weighted by atomic mass is 35.5. The van der Waals surface area contributed by atoms with E-state index in [9.17, 15) is 23.7 Å². The number of terminal acetylenes is 1. The lowest BCUT2D eigenvalue weighted by molar-refractivity contribution is -0.385. The summed E-state index contributed by atoms with van der Waals surface area (Å²) < 4.78 is 29.1. The second-order valence-corrected chi connectivity index (χ2v) is 6.69. The number of hydrogen-bond donors (Lipinski definition) is 0. The first kappa shape index (κ1) is 18.7. The summed E-state index contributed by atoms with van der Waals surface area (Å²) in [6.45, 7) is -0.133. The molecule has 0 aliphatic rings. The van der Waals surface area contributed by atoms with Gasteiger partial charge in [-0.2, -0.15) is 4.99 Å². The number of amides is 1. The Morgan fingerprint density at radius 1 is 1.37 bits per heavy atom. The molecule has 3 aromatic rings. The zero-order valence-corrected chi connectivity index (χ0v) is 14.9. The van der Waals surface area contributed by atoms with Gasteiger partial charge in [0.25, 0.3) is 11.6 Å². The third-order valence-electron chi connectivity index (χ3n) is 3.53. The zero-order valence-electron chi connectivity index (χ0n) is 13.3. The van der Waals surface area contributed by atoms with Crippen LogP contribution in [0, 0.1) is 34.1 Å². The maximum absolute atomic E-state index is 14.2. The van der Waals surface area contributed by atoms with E-state index in [1.807, 2.05) is 0 Å². The molecule has 2 aromatic carbocycles. The number of thiazole rings is 1. The Morgan fingerprint density at radius 2 is 2.11 bits per heavy atom. The van der Waals surface area contributed by atoms with Gasteiger partial charge in [0, 0.05) is 17.2 Å². The van der Waals surface area contributed by atoms with E-state index >= 15 is 0 Å². The number of nitrogens with zero attached hydrogens (tertiary/aromatic N) is 3. The van der Waals surface area contributed by atoms with E-state index in [-0.39, 0.29) is 32.1 Å². The van der Waals surface area contributed by atoms with Gasteiger partial charge in [-0.05, 0) is 18.2 Å². The van der Waals surface area contributed by atoms with Crippen molar-refractivity contribution in [3.8, 4) is 12.3 Å². The number of hydrogen-bond acceptors (Lipinski definition) is 4. The first-order chi connectivity index (χ1) is 12.8. The third-order valence-corrected chi connectivity index (χ3v) is 4.79. The number of fused-ring (bicyclic) bond motifs is 1. The van der Waals surface area contributed by atoms with E-state index in [1.54, 1.807) is 0 Å². The Hall–Kier alpha value is -3.09. The van der Waals surface area contributed by atoms with Crippen LogP contribution in [-0.4, -0.2) is 15.4 Å². The standard InChI is InChI=1S/C17H8ClF2N3O3S/c1-2-5-22-15-12(20)7-10(19)8-14(15)27-17(22)21-16(24)11-6-9(18)3-4-13(11)23(25)26/h1,3-4,6-8H,5H2. The Balaban J connectivity index is 2.25. The highest BCUT2D eigenvalue weighted by Gasteiger charge is 2.21. The van der Waals surface area contributed by atoms with Gasteiger partial charge in [0.1, 0.15) is 11.4 Å². The number of aromatic nitrogens is 1. The molecule has 6 nitrogen and oxygen atoms in total. The fraction of sp³-hybridized carbons (Fsp3) is 0.0588. The van der Waals surface area contributed by atoms with Crippen molar-refractivity contribution in [3.05, 3.63) is 67.5 Å². The molecule has 0 radical (unpaired) electrons. The molecule has 0 aliphatic heterocycles. The molecule has 0 fully saturated rings. The van der Waals surface area contributed by atoms with Crippen LogP contribution in [0.25, 0.3) is 10.2 Å². The molecule has 0 unspecified atom stereocenters. The number of nitro benzene ring substituents is 1. The Labute approximate surface area is 159 Å². The van der Waals surface area contributed by atoms with Crippen LogP contribution in [0.3, 0.4) is 0 Å². The van der Waals surface area contributed by atoms with Gasteiger partial charge in [-0.1, -0.05) is 28.9 Å². The van der Waals surface area contributed by atoms with Crippen molar-refractivity contribution in [2.75, 3.05) is 0 Å². The predicted octanol–water partition coefficient (Wildman–Crippen LogP) is 3.92. The van der Waals surface area contributed by atoms with Gasteiger partial charge in [0.2, 0.25) is 0 Å². The molecule has 1 amide bonds. The molecule has 0 aliphatic carbocycles. The predicted molar refractivity (Wildman–Crippen MR) is 96.6 cm³/mol. The second-order valence-electron chi connectivity index (χ2n) is 5.24. The summed E-state index contributed by atoms with van der Waals surface area (Å²) in [4.78, 5) is 26.7.